The molecule has 0 amide bonds. The van der Waals surface area contributed by atoms with Gasteiger partial charge >= 0.3 is 5.97 Å². The van der Waals surface area contributed by atoms with Crippen LogP contribution in [0, 0.1) is 0 Å². The lowest BCUT2D eigenvalue weighted by Gasteiger charge is -2.18. The number of aromatic nitrogens is 1. The van der Waals surface area contributed by atoms with Crippen LogP contribution in [0.1, 0.15) is 47.3 Å². The summed E-state index contributed by atoms with van der Waals surface area (Å²) in [5.74, 6) is -0.352. The highest BCUT2D eigenvalue weighted by molar-refractivity contribution is 6.03. The van der Waals surface area contributed by atoms with Crippen LogP contribution in [0.25, 0.3) is 10.9 Å². The van der Waals surface area contributed by atoms with Crippen LogP contribution >= 0.6 is 0 Å². The number of para-hydroxylation sites is 1. The average Bonchev–Trinajstić information content (AvgIpc) is 2.69. The molecule has 0 bridgehead atoms. The molecule has 2 aromatic rings. The van der Waals surface area contributed by atoms with Crippen molar-refractivity contribution in [2.24, 2.45) is 0 Å². The molecule has 3 nitrogen and oxygen atoms in total. The summed E-state index contributed by atoms with van der Waals surface area (Å²) in [5.41, 5.74) is 3.73. The van der Waals surface area contributed by atoms with Gasteiger partial charge in [0.1, 0.15) is 0 Å². The maximum Gasteiger partial charge on any atom is 0.337 e. The van der Waals surface area contributed by atoms with Crippen LogP contribution in [0.2, 0.25) is 0 Å². The summed E-state index contributed by atoms with van der Waals surface area (Å²) in [5, 5.41) is 10.3. The number of aryl methyl sites for hydroxylation is 1. The second-order valence-electron chi connectivity index (χ2n) is 4.84. The molecule has 1 aromatic carbocycles. The molecule has 0 aliphatic heterocycles. The van der Waals surface area contributed by atoms with E-state index in [0.29, 0.717) is 11.5 Å². The van der Waals surface area contributed by atoms with Crippen LogP contribution in [0.4, 0.5) is 0 Å². The van der Waals surface area contributed by atoms with Crippen molar-refractivity contribution in [3.63, 3.8) is 0 Å². The number of hydrogen-bond donors (Lipinski definition) is 2. The van der Waals surface area contributed by atoms with E-state index < -0.39 is 5.97 Å². The maximum atomic E-state index is 11.2. The molecule has 2 N–H and O–H groups in total. The van der Waals surface area contributed by atoms with E-state index in [1.165, 1.54) is 24.1 Å². The first kappa shape index (κ1) is 10.4. The van der Waals surface area contributed by atoms with Gasteiger partial charge < -0.3 is 10.1 Å². The molecule has 3 rings (SSSR count). The number of aromatic carboxylic acids is 1. The summed E-state index contributed by atoms with van der Waals surface area (Å²) in [6.45, 7) is 2.20. The predicted molar refractivity (Wildman–Crippen MR) is 66.6 cm³/mol. The third-order valence-corrected chi connectivity index (χ3v) is 3.76. The van der Waals surface area contributed by atoms with Gasteiger partial charge in [-0.1, -0.05) is 19.1 Å². The molecule has 0 saturated carbocycles. The van der Waals surface area contributed by atoms with E-state index >= 15 is 0 Å². The summed E-state index contributed by atoms with van der Waals surface area (Å²) in [7, 11) is 0. The Balaban J connectivity index is 2.33. The first-order valence-electron chi connectivity index (χ1n) is 6.05. The van der Waals surface area contributed by atoms with Gasteiger partial charge in [0.05, 0.1) is 11.1 Å². The zero-order valence-electron chi connectivity index (χ0n) is 9.79. The van der Waals surface area contributed by atoms with Crippen LogP contribution in [-0.4, -0.2) is 16.1 Å². The molecule has 1 aromatic heterocycles. The van der Waals surface area contributed by atoms with Crippen LogP contribution in [0.5, 0.6) is 0 Å². The normalized spacial score (nSPS) is 19.2. The number of aromatic amines is 1. The SMILES string of the molecule is CC1CCCc2c1[nH]c1c(C(=O)O)cccc21. The van der Waals surface area contributed by atoms with Crippen molar-refractivity contribution in [2.45, 2.75) is 32.1 Å². The highest BCUT2D eigenvalue weighted by atomic mass is 16.4. The van der Waals surface area contributed by atoms with Gasteiger partial charge in [-0.3, -0.25) is 0 Å². The zero-order chi connectivity index (χ0) is 12.0. The molecule has 1 unspecified atom stereocenters. The van der Waals surface area contributed by atoms with Gasteiger partial charge in [0.25, 0.3) is 0 Å². The molecule has 1 atom stereocenters. The van der Waals surface area contributed by atoms with Crippen LogP contribution in [0.3, 0.4) is 0 Å². The van der Waals surface area contributed by atoms with Gasteiger partial charge in [0, 0.05) is 11.1 Å². The Morgan fingerprint density at radius 1 is 1.47 bits per heavy atom. The predicted octanol–water partition coefficient (Wildman–Crippen LogP) is 3.31. The molecular weight excluding hydrogens is 214 g/mol. The second kappa shape index (κ2) is 3.62. The molecule has 17 heavy (non-hydrogen) atoms. The molecule has 1 heterocycles. The fourth-order valence-corrected chi connectivity index (χ4v) is 2.89. The van der Waals surface area contributed by atoms with Crippen molar-refractivity contribution in [2.75, 3.05) is 0 Å². The van der Waals surface area contributed by atoms with Gasteiger partial charge in [-0.15, -0.1) is 0 Å². The van der Waals surface area contributed by atoms with Gasteiger partial charge in [-0.25, -0.2) is 4.79 Å². The standard InChI is InChI=1S/C14H15NO2/c1-8-4-2-5-9-10-6-3-7-11(14(16)17)13(10)15-12(8)9/h3,6-8,15H,2,4-5H2,1H3,(H,16,17). The van der Waals surface area contributed by atoms with Gasteiger partial charge in [-0.05, 0) is 36.8 Å². The number of carbonyl (C=O) groups is 1. The number of carboxylic acids is 1. The molecule has 0 spiro atoms. The van der Waals surface area contributed by atoms with E-state index in [1.54, 1.807) is 6.07 Å². The Morgan fingerprint density at radius 3 is 3.06 bits per heavy atom. The lowest BCUT2D eigenvalue weighted by Crippen LogP contribution is -2.05. The fraction of sp³-hybridized carbons (Fsp3) is 0.357. The third-order valence-electron chi connectivity index (χ3n) is 3.76. The van der Waals surface area contributed by atoms with Crippen LogP contribution in [-0.2, 0) is 6.42 Å². The summed E-state index contributed by atoms with van der Waals surface area (Å²) >= 11 is 0. The van der Waals surface area contributed by atoms with Crippen molar-refractivity contribution in [3.8, 4) is 0 Å². The lowest BCUT2D eigenvalue weighted by atomic mass is 9.88. The van der Waals surface area contributed by atoms with Crippen molar-refractivity contribution in [3.05, 3.63) is 35.0 Å². The smallest absolute Gasteiger partial charge is 0.337 e. The number of fused-ring (bicyclic) bond motifs is 3. The highest BCUT2D eigenvalue weighted by Gasteiger charge is 2.22. The first-order valence-corrected chi connectivity index (χ1v) is 6.05. The van der Waals surface area contributed by atoms with E-state index in [9.17, 15) is 9.90 Å². The molecule has 1 aliphatic carbocycles. The topological polar surface area (TPSA) is 53.1 Å². The van der Waals surface area contributed by atoms with Crippen LogP contribution < -0.4 is 0 Å². The summed E-state index contributed by atoms with van der Waals surface area (Å²) in [6, 6.07) is 5.52. The largest absolute Gasteiger partial charge is 0.478 e. The van der Waals surface area contributed by atoms with Gasteiger partial charge in [-0.2, -0.15) is 0 Å². The third kappa shape index (κ3) is 1.46. The average molecular weight is 229 g/mol. The number of rotatable bonds is 1. The Kier molecular flexibility index (Phi) is 2.21. The Bertz CT molecular complexity index is 598. The number of H-pyrrole nitrogens is 1. The number of hydrogen-bond acceptors (Lipinski definition) is 1. The van der Waals surface area contributed by atoms with Gasteiger partial charge in [0.15, 0.2) is 0 Å². The lowest BCUT2D eigenvalue weighted by molar-refractivity contribution is 0.0699. The molecule has 3 heteroatoms. The van der Waals surface area contributed by atoms with Gasteiger partial charge in [0.2, 0.25) is 0 Å². The second-order valence-corrected chi connectivity index (χ2v) is 4.84. The maximum absolute atomic E-state index is 11.2. The first-order chi connectivity index (χ1) is 8.18. The van der Waals surface area contributed by atoms with Crippen molar-refractivity contribution in [1.29, 1.82) is 0 Å². The van der Waals surface area contributed by atoms with E-state index in [-0.39, 0.29) is 0 Å². The minimum atomic E-state index is -0.859. The fourth-order valence-electron chi connectivity index (χ4n) is 2.89. The summed E-state index contributed by atoms with van der Waals surface area (Å²) in [6.07, 6.45) is 3.43. The quantitative estimate of drug-likeness (QED) is 0.788. The van der Waals surface area contributed by atoms with E-state index in [4.69, 9.17) is 0 Å². The number of nitrogens with one attached hydrogen (secondary N) is 1. The summed E-state index contributed by atoms with van der Waals surface area (Å²) < 4.78 is 0. The zero-order valence-corrected chi connectivity index (χ0v) is 9.79. The van der Waals surface area contributed by atoms with E-state index in [2.05, 4.69) is 11.9 Å². The molecule has 0 fully saturated rings. The van der Waals surface area contributed by atoms with E-state index in [1.807, 2.05) is 12.1 Å². The van der Waals surface area contributed by atoms with Crippen molar-refractivity contribution in [1.82, 2.24) is 4.98 Å². The van der Waals surface area contributed by atoms with E-state index in [0.717, 1.165) is 17.3 Å². The Hall–Kier alpha value is -1.77. The molecule has 1 aliphatic rings. The monoisotopic (exact) mass is 229 g/mol. The minimum absolute atomic E-state index is 0.379. The molecule has 0 saturated heterocycles. The number of benzene rings is 1. The Labute approximate surface area is 99.5 Å². The molecular formula is C14H15NO2. The summed E-state index contributed by atoms with van der Waals surface area (Å²) in [4.78, 5) is 14.5. The van der Waals surface area contributed by atoms with Crippen molar-refractivity contribution < 1.29 is 9.90 Å². The minimum Gasteiger partial charge on any atom is -0.478 e. The Morgan fingerprint density at radius 2 is 2.29 bits per heavy atom. The van der Waals surface area contributed by atoms with Crippen molar-refractivity contribution >= 4 is 16.9 Å². The molecule has 0 radical (unpaired) electrons. The van der Waals surface area contributed by atoms with Crippen LogP contribution in [0.15, 0.2) is 18.2 Å². The molecule has 88 valence electrons. The number of carboxylic acid groups (broad SMARTS) is 1. The highest BCUT2D eigenvalue weighted by Crippen LogP contribution is 2.36.